The van der Waals surface area contributed by atoms with E-state index in [1.165, 1.54) is 6.07 Å². The molecule has 0 saturated carbocycles. The number of benzene rings is 1. The van der Waals surface area contributed by atoms with Crippen LogP contribution in [-0.4, -0.2) is 21.5 Å². The lowest BCUT2D eigenvalue weighted by Crippen LogP contribution is -2.14. The first-order chi connectivity index (χ1) is 8.11. The molecule has 0 fully saturated rings. The third-order valence-corrected chi connectivity index (χ3v) is 2.96. The van der Waals surface area contributed by atoms with E-state index < -0.39 is 12.1 Å². The monoisotopic (exact) mass is 297 g/mol. The molecule has 5 heteroatoms. The lowest BCUT2D eigenvalue weighted by atomic mass is 9.94. The number of nitriles is 1. The zero-order valence-corrected chi connectivity index (χ0v) is 10.6. The highest BCUT2D eigenvalue weighted by Crippen LogP contribution is 2.24. The quantitative estimate of drug-likeness (QED) is 0.815. The average Bonchev–Trinajstić information content (AvgIpc) is 2.34. The number of alkyl halides is 1. The molecular weight excluding hydrogens is 286 g/mol. The molecule has 90 valence electrons. The van der Waals surface area contributed by atoms with Crippen molar-refractivity contribution in [3.63, 3.8) is 0 Å². The third kappa shape index (κ3) is 3.29. The molecule has 0 saturated heterocycles. The van der Waals surface area contributed by atoms with Crippen LogP contribution < -0.4 is 0 Å². The summed E-state index contributed by atoms with van der Waals surface area (Å²) in [5.74, 6) is -1.34. The lowest BCUT2D eigenvalue weighted by Gasteiger charge is -2.13. The minimum absolute atomic E-state index is 0.212. The number of carboxylic acids is 1. The molecule has 1 aromatic carbocycles. The van der Waals surface area contributed by atoms with Gasteiger partial charge in [-0.05, 0) is 24.5 Å². The maximum atomic E-state index is 10.8. The minimum Gasteiger partial charge on any atom is -0.479 e. The Bertz CT molecular complexity index is 454. The van der Waals surface area contributed by atoms with Gasteiger partial charge in [0.25, 0.3) is 0 Å². The third-order valence-electron chi connectivity index (χ3n) is 2.40. The number of rotatable bonds is 5. The molecule has 0 amide bonds. The van der Waals surface area contributed by atoms with Crippen molar-refractivity contribution in [3.8, 4) is 6.07 Å². The molecule has 0 aliphatic heterocycles. The number of nitrogens with zero attached hydrogens (tertiary/aromatic N) is 1. The number of aliphatic hydroxyl groups excluding tert-OH is 1. The Hall–Kier alpha value is -1.38. The maximum Gasteiger partial charge on any atom is 0.337 e. The molecule has 1 atom stereocenters. The summed E-state index contributed by atoms with van der Waals surface area (Å²) in [5.41, 5.74) is 1.13. The van der Waals surface area contributed by atoms with Gasteiger partial charge in [-0.25, -0.2) is 4.79 Å². The summed E-state index contributed by atoms with van der Waals surface area (Å²) in [5, 5.41) is 28.2. The predicted molar refractivity (Wildman–Crippen MR) is 65.9 cm³/mol. The van der Waals surface area contributed by atoms with Gasteiger partial charge in [-0.1, -0.05) is 28.1 Å². The number of halogens is 1. The van der Waals surface area contributed by atoms with Crippen molar-refractivity contribution in [1.29, 1.82) is 5.26 Å². The van der Waals surface area contributed by atoms with E-state index in [1.54, 1.807) is 12.1 Å². The number of aliphatic hydroxyl groups is 1. The van der Waals surface area contributed by atoms with E-state index in [9.17, 15) is 9.90 Å². The lowest BCUT2D eigenvalue weighted by molar-refractivity contribution is -0.147. The normalized spacial score (nSPS) is 11.8. The van der Waals surface area contributed by atoms with Gasteiger partial charge in [-0.2, -0.15) is 5.26 Å². The highest BCUT2D eigenvalue weighted by atomic mass is 79.9. The van der Waals surface area contributed by atoms with E-state index in [0.717, 1.165) is 11.8 Å². The van der Waals surface area contributed by atoms with Crippen molar-refractivity contribution in [2.24, 2.45) is 0 Å². The van der Waals surface area contributed by atoms with Crippen LogP contribution in [0.5, 0.6) is 0 Å². The van der Waals surface area contributed by atoms with Crippen molar-refractivity contribution in [2.75, 3.05) is 5.33 Å². The molecule has 1 aromatic rings. The van der Waals surface area contributed by atoms with E-state index in [4.69, 9.17) is 10.4 Å². The summed E-state index contributed by atoms with van der Waals surface area (Å²) in [7, 11) is 0. The minimum atomic E-state index is -1.64. The van der Waals surface area contributed by atoms with Crippen molar-refractivity contribution in [1.82, 2.24) is 0 Å². The summed E-state index contributed by atoms with van der Waals surface area (Å²) in [6.45, 7) is 0. The summed E-state index contributed by atoms with van der Waals surface area (Å²) in [6.07, 6.45) is -0.203. The Morgan fingerprint density at radius 3 is 2.76 bits per heavy atom. The summed E-state index contributed by atoms with van der Waals surface area (Å²) in [6, 6.07) is 6.86. The molecule has 0 spiro atoms. The van der Waals surface area contributed by atoms with Crippen molar-refractivity contribution in [3.05, 3.63) is 34.9 Å². The second-order valence-electron chi connectivity index (χ2n) is 3.52. The summed E-state index contributed by atoms with van der Waals surface area (Å²) >= 11 is 3.29. The van der Waals surface area contributed by atoms with Gasteiger partial charge in [0.2, 0.25) is 0 Å². The number of carbonyl (C=O) groups is 1. The first-order valence-electron chi connectivity index (χ1n) is 5.10. The van der Waals surface area contributed by atoms with Crippen LogP contribution in [0.1, 0.15) is 29.2 Å². The Balaban J connectivity index is 3.21. The highest BCUT2D eigenvalue weighted by Gasteiger charge is 2.22. The second-order valence-corrected chi connectivity index (χ2v) is 4.32. The predicted octanol–water partition coefficient (Wildman–Crippen LogP) is 2.00. The maximum absolute atomic E-state index is 10.8. The van der Waals surface area contributed by atoms with Crippen LogP contribution in [0.4, 0.5) is 0 Å². The molecule has 0 aliphatic carbocycles. The van der Waals surface area contributed by atoms with Gasteiger partial charge < -0.3 is 10.2 Å². The fourth-order valence-electron chi connectivity index (χ4n) is 1.63. The van der Waals surface area contributed by atoms with Crippen LogP contribution in [0.15, 0.2) is 18.2 Å². The molecule has 0 radical (unpaired) electrons. The van der Waals surface area contributed by atoms with Gasteiger partial charge in [0.1, 0.15) is 0 Å². The molecule has 1 unspecified atom stereocenters. The Labute approximate surface area is 108 Å². The molecule has 1 rings (SSSR count). The van der Waals surface area contributed by atoms with E-state index in [1.807, 2.05) is 6.07 Å². The molecule has 17 heavy (non-hydrogen) atoms. The van der Waals surface area contributed by atoms with Gasteiger partial charge in [-0.3, -0.25) is 0 Å². The fourth-order valence-corrected chi connectivity index (χ4v) is 1.91. The van der Waals surface area contributed by atoms with Crippen LogP contribution in [0.3, 0.4) is 0 Å². The number of aliphatic carboxylic acids is 1. The summed E-state index contributed by atoms with van der Waals surface area (Å²) < 4.78 is 0. The fraction of sp³-hybridized carbons (Fsp3) is 0.333. The standard InChI is InChI=1S/C12H12BrNO3/c13-6-2-5-8-3-1-4-9(7-14)10(8)11(15)12(16)17/h1,3-4,11,15H,2,5-6H2,(H,16,17). The van der Waals surface area contributed by atoms with Crippen LogP contribution in [-0.2, 0) is 11.2 Å². The summed E-state index contributed by atoms with van der Waals surface area (Å²) in [4.78, 5) is 10.8. The first kappa shape index (κ1) is 13.7. The van der Waals surface area contributed by atoms with Crippen molar-refractivity contribution < 1.29 is 15.0 Å². The molecule has 0 bridgehead atoms. The van der Waals surface area contributed by atoms with E-state index >= 15 is 0 Å². The molecule has 4 nitrogen and oxygen atoms in total. The SMILES string of the molecule is N#Cc1cccc(CCCBr)c1C(O)C(=O)O. The highest BCUT2D eigenvalue weighted by molar-refractivity contribution is 9.09. The average molecular weight is 298 g/mol. The van der Waals surface area contributed by atoms with E-state index in [2.05, 4.69) is 15.9 Å². The zero-order valence-electron chi connectivity index (χ0n) is 9.06. The Kier molecular flexibility index (Phi) is 5.13. The topological polar surface area (TPSA) is 81.3 Å². The molecule has 2 N–H and O–H groups in total. The molecular formula is C12H12BrNO3. The number of aryl methyl sites for hydroxylation is 1. The number of carboxylic acid groups (broad SMARTS) is 1. The first-order valence-corrected chi connectivity index (χ1v) is 6.22. The van der Waals surface area contributed by atoms with Gasteiger partial charge in [-0.15, -0.1) is 0 Å². The Morgan fingerprint density at radius 2 is 2.24 bits per heavy atom. The number of hydrogen-bond donors (Lipinski definition) is 2. The van der Waals surface area contributed by atoms with E-state index in [0.29, 0.717) is 12.0 Å². The largest absolute Gasteiger partial charge is 0.479 e. The van der Waals surface area contributed by atoms with Crippen LogP contribution in [0.2, 0.25) is 0 Å². The number of hydrogen-bond acceptors (Lipinski definition) is 3. The van der Waals surface area contributed by atoms with Crippen molar-refractivity contribution in [2.45, 2.75) is 18.9 Å². The Morgan fingerprint density at radius 1 is 1.53 bits per heavy atom. The molecule has 0 heterocycles. The van der Waals surface area contributed by atoms with Crippen LogP contribution in [0.25, 0.3) is 0 Å². The molecule has 0 aliphatic rings. The smallest absolute Gasteiger partial charge is 0.337 e. The van der Waals surface area contributed by atoms with E-state index in [-0.39, 0.29) is 11.1 Å². The van der Waals surface area contributed by atoms with Gasteiger partial charge in [0, 0.05) is 10.9 Å². The second kappa shape index (κ2) is 6.38. The molecule has 0 aromatic heterocycles. The van der Waals surface area contributed by atoms with Crippen molar-refractivity contribution >= 4 is 21.9 Å². The van der Waals surface area contributed by atoms with Gasteiger partial charge in [0.15, 0.2) is 6.10 Å². The van der Waals surface area contributed by atoms with Crippen LogP contribution >= 0.6 is 15.9 Å². The zero-order chi connectivity index (χ0) is 12.8. The van der Waals surface area contributed by atoms with Crippen LogP contribution in [0, 0.1) is 11.3 Å². The van der Waals surface area contributed by atoms with Gasteiger partial charge >= 0.3 is 5.97 Å². The van der Waals surface area contributed by atoms with Gasteiger partial charge in [0.05, 0.1) is 11.6 Å².